The van der Waals surface area contributed by atoms with E-state index < -0.39 is 0 Å². The molecule has 5 heteroatoms. The average Bonchev–Trinajstić information content (AvgIpc) is 2.99. The first kappa shape index (κ1) is 14.3. The van der Waals surface area contributed by atoms with Crippen molar-refractivity contribution in [3.8, 4) is 0 Å². The molecule has 2 rings (SSSR count). The summed E-state index contributed by atoms with van der Waals surface area (Å²) < 4.78 is 11.3. The Balaban J connectivity index is 1.90. The van der Waals surface area contributed by atoms with Crippen LogP contribution >= 0.6 is 15.9 Å². The second kappa shape index (κ2) is 6.87. The minimum atomic E-state index is -0.139. The predicted molar refractivity (Wildman–Crippen MR) is 72.9 cm³/mol. The number of alkyl halides is 1. The summed E-state index contributed by atoms with van der Waals surface area (Å²) in [4.78, 5) is 14.0. The van der Waals surface area contributed by atoms with E-state index in [2.05, 4.69) is 15.9 Å². The number of rotatable bonds is 5. The van der Waals surface area contributed by atoms with Crippen LogP contribution in [0.15, 0.2) is 0 Å². The Kier molecular flexibility index (Phi) is 5.45. The monoisotopic (exact) mass is 319 g/mol. The van der Waals surface area contributed by atoms with Gasteiger partial charge in [-0.15, -0.1) is 0 Å². The molecule has 2 heterocycles. The van der Waals surface area contributed by atoms with E-state index in [0.717, 1.165) is 38.9 Å². The molecule has 4 nitrogen and oxygen atoms in total. The molecule has 1 amide bonds. The molecule has 0 aromatic carbocycles. The molecule has 0 radical (unpaired) electrons. The summed E-state index contributed by atoms with van der Waals surface area (Å²) in [6.07, 6.45) is 4.76. The second-order valence-electron chi connectivity index (χ2n) is 5.13. The standard InChI is InChI=1S/C13H22BrNO3/c1-10(14)13(16)15(8-11-4-2-6-17-11)9-12-5-3-7-18-12/h10-12H,2-9H2,1H3. The van der Waals surface area contributed by atoms with Gasteiger partial charge >= 0.3 is 0 Å². The van der Waals surface area contributed by atoms with Gasteiger partial charge in [-0.25, -0.2) is 0 Å². The molecule has 2 aliphatic heterocycles. The van der Waals surface area contributed by atoms with E-state index >= 15 is 0 Å². The van der Waals surface area contributed by atoms with Gasteiger partial charge in [-0.3, -0.25) is 4.79 Å². The molecule has 0 aromatic rings. The van der Waals surface area contributed by atoms with Gasteiger partial charge in [0.05, 0.1) is 17.0 Å². The molecule has 0 spiro atoms. The summed E-state index contributed by atoms with van der Waals surface area (Å²) in [5.41, 5.74) is 0. The molecule has 0 bridgehead atoms. The summed E-state index contributed by atoms with van der Waals surface area (Å²) in [5.74, 6) is 0.140. The van der Waals surface area contributed by atoms with E-state index in [1.807, 2.05) is 11.8 Å². The number of nitrogens with zero attached hydrogens (tertiary/aromatic N) is 1. The van der Waals surface area contributed by atoms with Crippen molar-refractivity contribution in [2.24, 2.45) is 0 Å². The molecule has 18 heavy (non-hydrogen) atoms. The zero-order valence-electron chi connectivity index (χ0n) is 10.9. The maximum atomic E-state index is 12.2. The highest BCUT2D eigenvalue weighted by molar-refractivity contribution is 9.10. The molecule has 0 aliphatic carbocycles. The Labute approximate surface area is 117 Å². The van der Waals surface area contributed by atoms with Crippen molar-refractivity contribution in [2.75, 3.05) is 26.3 Å². The molecule has 2 saturated heterocycles. The van der Waals surface area contributed by atoms with Crippen molar-refractivity contribution < 1.29 is 14.3 Å². The fourth-order valence-electron chi connectivity index (χ4n) is 2.57. The van der Waals surface area contributed by atoms with Crippen LogP contribution in [-0.2, 0) is 14.3 Å². The highest BCUT2D eigenvalue weighted by Crippen LogP contribution is 2.18. The quantitative estimate of drug-likeness (QED) is 0.727. The first-order chi connectivity index (χ1) is 8.66. The zero-order chi connectivity index (χ0) is 13.0. The van der Waals surface area contributed by atoms with Crippen LogP contribution in [0.5, 0.6) is 0 Å². The van der Waals surface area contributed by atoms with Crippen LogP contribution in [0.1, 0.15) is 32.6 Å². The van der Waals surface area contributed by atoms with Gasteiger partial charge in [0.1, 0.15) is 0 Å². The normalized spacial score (nSPS) is 29.4. The SMILES string of the molecule is CC(Br)C(=O)N(CC1CCCO1)CC1CCCO1. The van der Waals surface area contributed by atoms with Gasteiger partial charge in [0.2, 0.25) is 5.91 Å². The van der Waals surface area contributed by atoms with Crippen LogP contribution in [0.4, 0.5) is 0 Å². The molecule has 0 saturated carbocycles. The van der Waals surface area contributed by atoms with Gasteiger partial charge in [-0.1, -0.05) is 15.9 Å². The number of hydrogen-bond donors (Lipinski definition) is 0. The molecule has 3 unspecified atom stereocenters. The summed E-state index contributed by atoms with van der Waals surface area (Å²) in [5, 5.41) is 0. The Morgan fingerprint density at radius 3 is 2.06 bits per heavy atom. The molecular weight excluding hydrogens is 298 g/mol. The molecule has 2 aliphatic rings. The zero-order valence-corrected chi connectivity index (χ0v) is 12.5. The van der Waals surface area contributed by atoms with Crippen molar-refractivity contribution in [3.05, 3.63) is 0 Å². The average molecular weight is 320 g/mol. The number of amides is 1. The highest BCUT2D eigenvalue weighted by atomic mass is 79.9. The van der Waals surface area contributed by atoms with E-state index in [9.17, 15) is 4.79 Å². The van der Waals surface area contributed by atoms with Gasteiger partial charge in [-0.2, -0.15) is 0 Å². The van der Waals surface area contributed by atoms with Crippen LogP contribution in [0.2, 0.25) is 0 Å². The lowest BCUT2D eigenvalue weighted by atomic mass is 10.2. The van der Waals surface area contributed by atoms with E-state index in [1.54, 1.807) is 0 Å². The number of carbonyl (C=O) groups is 1. The lowest BCUT2D eigenvalue weighted by Gasteiger charge is -2.28. The maximum absolute atomic E-state index is 12.2. The van der Waals surface area contributed by atoms with Crippen LogP contribution in [0.25, 0.3) is 0 Å². The number of carbonyl (C=O) groups excluding carboxylic acids is 1. The lowest BCUT2D eigenvalue weighted by molar-refractivity contribution is -0.133. The molecule has 0 N–H and O–H groups in total. The van der Waals surface area contributed by atoms with Gasteiger partial charge < -0.3 is 14.4 Å². The van der Waals surface area contributed by atoms with Gasteiger partial charge in [0.25, 0.3) is 0 Å². The van der Waals surface area contributed by atoms with E-state index in [-0.39, 0.29) is 22.9 Å². The third-order valence-corrected chi connectivity index (χ3v) is 3.94. The Morgan fingerprint density at radius 2 is 1.72 bits per heavy atom. The van der Waals surface area contributed by atoms with Crippen molar-refractivity contribution in [3.63, 3.8) is 0 Å². The second-order valence-corrected chi connectivity index (χ2v) is 6.50. The number of ether oxygens (including phenoxy) is 2. The van der Waals surface area contributed by atoms with Crippen LogP contribution in [0.3, 0.4) is 0 Å². The van der Waals surface area contributed by atoms with Crippen molar-refractivity contribution in [2.45, 2.75) is 49.6 Å². The summed E-state index contributed by atoms with van der Waals surface area (Å²) in [7, 11) is 0. The minimum Gasteiger partial charge on any atom is -0.376 e. The van der Waals surface area contributed by atoms with Crippen LogP contribution in [0, 0.1) is 0 Å². The topological polar surface area (TPSA) is 38.8 Å². The Morgan fingerprint density at radius 1 is 1.22 bits per heavy atom. The highest BCUT2D eigenvalue weighted by Gasteiger charge is 2.28. The van der Waals surface area contributed by atoms with Crippen molar-refractivity contribution >= 4 is 21.8 Å². The molecular formula is C13H22BrNO3. The summed E-state index contributed by atoms with van der Waals surface area (Å²) >= 11 is 3.37. The first-order valence-electron chi connectivity index (χ1n) is 6.83. The van der Waals surface area contributed by atoms with Gasteiger partial charge in [0.15, 0.2) is 0 Å². The lowest BCUT2D eigenvalue weighted by Crippen LogP contribution is -2.44. The number of halogens is 1. The smallest absolute Gasteiger partial charge is 0.236 e. The number of hydrogen-bond acceptors (Lipinski definition) is 3. The molecule has 0 aromatic heterocycles. The fourth-order valence-corrected chi connectivity index (χ4v) is 2.86. The first-order valence-corrected chi connectivity index (χ1v) is 7.74. The van der Waals surface area contributed by atoms with Gasteiger partial charge in [-0.05, 0) is 32.6 Å². The molecule has 104 valence electrons. The third kappa shape index (κ3) is 3.93. The van der Waals surface area contributed by atoms with Crippen molar-refractivity contribution in [1.29, 1.82) is 0 Å². The maximum Gasteiger partial charge on any atom is 0.236 e. The fraction of sp³-hybridized carbons (Fsp3) is 0.923. The third-order valence-electron chi connectivity index (χ3n) is 3.55. The van der Waals surface area contributed by atoms with Crippen LogP contribution < -0.4 is 0 Å². The van der Waals surface area contributed by atoms with Crippen LogP contribution in [-0.4, -0.2) is 54.1 Å². The van der Waals surface area contributed by atoms with E-state index in [4.69, 9.17) is 9.47 Å². The van der Waals surface area contributed by atoms with Gasteiger partial charge in [0, 0.05) is 26.3 Å². The van der Waals surface area contributed by atoms with E-state index in [0.29, 0.717) is 13.1 Å². The van der Waals surface area contributed by atoms with E-state index in [1.165, 1.54) is 0 Å². The Bertz CT molecular complexity index is 255. The largest absolute Gasteiger partial charge is 0.376 e. The summed E-state index contributed by atoms with van der Waals surface area (Å²) in [6.45, 7) is 4.94. The minimum absolute atomic E-state index is 0.139. The molecule has 3 atom stereocenters. The predicted octanol–water partition coefficient (Wildman–Crippen LogP) is 1.96. The van der Waals surface area contributed by atoms with Crippen molar-refractivity contribution in [1.82, 2.24) is 4.90 Å². The Hall–Kier alpha value is -0.130. The molecule has 2 fully saturated rings. The summed E-state index contributed by atoms with van der Waals surface area (Å²) in [6, 6.07) is 0.